The molecular weight excluding hydrogens is 211 g/mol. The van der Waals surface area contributed by atoms with Crippen molar-refractivity contribution >= 4 is 11.6 Å². The Morgan fingerprint density at radius 2 is 2.00 bits per heavy atom. The highest BCUT2D eigenvalue weighted by Gasteiger charge is 2.20. The van der Waals surface area contributed by atoms with Crippen LogP contribution in [-0.4, -0.2) is 5.88 Å². The van der Waals surface area contributed by atoms with Crippen LogP contribution in [-0.2, 0) is 0 Å². The number of rotatable bonds is 5. The Morgan fingerprint density at radius 3 is 2.53 bits per heavy atom. The summed E-state index contributed by atoms with van der Waals surface area (Å²) >= 11 is 5.94. The van der Waals surface area contributed by atoms with Crippen LogP contribution in [0.3, 0.4) is 0 Å². The van der Waals surface area contributed by atoms with Gasteiger partial charge in [-0.15, -0.1) is 11.6 Å². The van der Waals surface area contributed by atoms with Gasteiger partial charge in [-0.05, 0) is 17.5 Å². The Morgan fingerprint density at radius 1 is 1.33 bits per heavy atom. The van der Waals surface area contributed by atoms with Gasteiger partial charge in [0.25, 0.3) is 0 Å². The van der Waals surface area contributed by atoms with E-state index in [2.05, 4.69) is 13.8 Å². The Balaban J connectivity index is 2.87. The fourth-order valence-corrected chi connectivity index (χ4v) is 2.44. The van der Waals surface area contributed by atoms with E-state index in [-0.39, 0.29) is 11.7 Å². The van der Waals surface area contributed by atoms with E-state index >= 15 is 0 Å². The summed E-state index contributed by atoms with van der Waals surface area (Å²) in [5, 5.41) is 0. The first-order valence-electron chi connectivity index (χ1n) is 5.51. The average molecular weight is 229 g/mol. The minimum atomic E-state index is -0.133. The maximum absolute atomic E-state index is 13.6. The molecular formula is C13H18ClF. The third kappa shape index (κ3) is 3.20. The Labute approximate surface area is 96.5 Å². The van der Waals surface area contributed by atoms with Crippen molar-refractivity contribution < 1.29 is 4.39 Å². The highest BCUT2D eigenvalue weighted by molar-refractivity contribution is 6.18. The largest absolute Gasteiger partial charge is 0.207 e. The van der Waals surface area contributed by atoms with Crippen molar-refractivity contribution in [2.75, 3.05) is 5.88 Å². The Kier molecular flexibility index (Phi) is 5.10. The Bertz CT molecular complexity index is 298. The predicted molar refractivity (Wildman–Crippen MR) is 63.9 cm³/mol. The van der Waals surface area contributed by atoms with E-state index in [1.807, 2.05) is 12.1 Å². The molecule has 0 bridgehead atoms. The lowest BCUT2D eigenvalue weighted by molar-refractivity contribution is 0.437. The second-order valence-electron chi connectivity index (χ2n) is 4.05. The average Bonchev–Trinajstić information content (AvgIpc) is 2.22. The highest BCUT2D eigenvalue weighted by atomic mass is 35.5. The van der Waals surface area contributed by atoms with Crippen molar-refractivity contribution in [2.24, 2.45) is 5.92 Å². The zero-order chi connectivity index (χ0) is 11.3. The van der Waals surface area contributed by atoms with Gasteiger partial charge < -0.3 is 0 Å². The normalized spacial score (nSPS) is 14.9. The van der Waals surface area contributed by atoms with E-state index in [4.69, 9.17) is 11.6 Å². The molecule has 2 unspecified atom stereocenters. The van der Waals surface area contributed by atoms with E-state index in [0.717, 1.165) is 18.4 Å². The van der Waals surface area contributed by atoms with Crippen LogP contribution in [0.5, 0.6) is 0 Å². The van der Waals surface area contributed by atoms with Crippen LogP contribution < -0.4 is 0 Å². The summed E-state index contributed by atoms with van der Waals surface area (Å²) in [4.78, 5) is 0. The molecule has 0 saturated carbocycles. The summed E-state index contributed by atoms with van der Waals surface area (Å²) < 4.78 is 13.6. The maximum Gasteiger partial charge on any atom is 0.126 e. The number of alkyl halides is 1. The van der Waals surface area contributed by atoms with Gasteiger partial charge in [-0.2, -0.15) is 0 Å². The molecule has 84 valence electrons. The van der Waals surface area contributed by atoms with Gasteiger partial charge in [0.05, 0.1) is 0 Å². The molecule has 0 fully saturated rings. The van der Waals surface area contributed by atoms with Crippen LogP contribution >= 0.6 is 11.6 Å². The first-order chi connectivity index (χ1) is 7.20. The smallest absolute Gasteiger partial charge is 0.126 e. The van der Waals surface area contributed by atoms with Crippen molar-refractivity contribution in [3.8, 4) is 0 Å². The van der Waals surface area contributed by atoms with Gasteiger partial charge in [-0.25, -0.2) is 4.39 Å². The summed E-state index contributed by atoms with van der Waals surface area (Å²) in [6.45, 7) is 4.28. The molecule has 2 heteroatoms. The lowest BCUT2D eigenvalue weighted by Crippen LogP contribution is -2.13. The van der Waals surface area contributed by atoms with Gasteiger partial charge in [-0.3, -0.25) is 0 Å². The Hall–Kier alpha value is -0.560. The second kappa shape index (κ2) is 6.12. The predicted octanol–water partition coefficient (Wildman–Crippen LogP) is 4.58. The van der Waals surface area contributed by atoms with Gasteiger partial charge in [0.1, 0.15) is 5.82 Å². The lowest BCUT2D eigenvalue weighted by Gasteiger charge is -2.22. The van der Waals surface area contributed by atoms with Crippen LogP contribution in [0.4, 0.5) is 4.39 Å². The number of halogens is 2. The third-order valence-corrected chi connectivity index (χ3v) is 3.23. The molecule has 0 nitrogen and oxygen atoms in total. The van der Waals surface area contributed by atoms with Gasteiger partial charge in [0, 0.05) is 11.8 Å². The minimum absolute atomic E-state index is 0.132. The summed E-state index contributed by atoms with van der Waals surface area (Å²) in [5.41, 5.74) is 0.758. The number of hydrogen-bond donors (Lipinski definition) is 0. The summed E-state index contributed by atoms with van der Waals surface area (Å²) in [6, 6.07) is 6.94. The first-order valence-corrected chi connectivity index (χ1v) is 6.04. The van der Waals surface area contributed by atoms with Gasteiger partial charge in [-0.1, -0.05) is 44.9 Å². The molecule has 1 aromatic carbocycles. The molecule has 1 rings (SSSR count). The van der Waals surface area contributed by atoms with Gasteiger partial charge in [0.2, 0.25) is 0 Å². The summed E-state index contributed by atoms with van der Waals surface area (Å²) in [7, 11) is 0. The molecule has 0 amide bonds. The number of benzene rings is 1. The fraction of sp³-hybridized carbons (Fsp3) is 0.538. The van der Waals surface area contributed by atoms with Crippen molar-refractivity contribution in [1.82, 2.24) is 0 Å². The van der Waals surface area contributed by atoms with Gasteiger partial charge in [0.15, 0.2) is 0 Å². The molecule has 0 spiro atoms. The number of hydrogen-bond acceptors (Lipinski definition) is 0. The zero-order valence-electron chi connectivity index (χ0n) is 9.34. The van der Waals surface area contributed by atoms with Crippen LogP contribution in [0.1, 0.15) is 38.2 Å². The molecule has 0 N–H and O–H groups in total. The SMILES string of the molecule is CCCC(C)C(CCl)c1ccccc1F. The van der Waals surface area contributed by atoms with E-state index in [9.17, 15) is 4.39 Å². The molecule has 0 aromatic heterocycles. The van der Waals surface area contributed by atoms with Crippen LogP contribution in [0, 0.1) is 11.7 Å². The van der Waals surface area contributed by atoms with Crippen LogP contribution in [0.25, 0.3) is 0 Å². The molecule has 0 aliphatic carbocycles. The minimum Gasteiger partial charge on any atom is -0.207 e. The standard InChI is InChI=1S/C13H18ClF/c1-3-6-10(2)12(9-14)11-7-4-5-8-13(11)15/h4-5,7-8,10,12H,3,6,9H2,1-2H3. The molecule has 0 heterocycles. The molecule has 2 atom stereocenters. The van der Waals surface area contributed by atoms with Crippen LogP contribution in [0.2, 0.25) is 0 Å². The molecule has 0 aliphatic heterocycles. The van der Waals surface area contributed by atoms with Crippen molar-refractivity contribution in [3.63, 3.8) is 0 Å². The molecule has 1 aromatic rings. The van der Waals surface area contributed by atoms with Crippen molar-refractivity contribution in [3.05, 3.63) is 35.6 Å². The topological polar surface area (TPSA) is 0 Å². The highest BCUT2D eigenvalue weighted by Crippen LogP contribution is 2.30. The van der Waals surface area contributed by atoms with Crippen molar-refractivity contribution in [2.45, 2.75) is 32.6 Å². The zero-order valence-corrected chi connectivity index (χ0v) is 10.1. The molecule has 15 heavy (non-hydrogen) atoms. The van der Waals surface area contributed by atoms with Crippen molar-refractivity contribution in [1.29, 1.82) is 0 Å². The van der Waals surface area contributed by atoms with E-state index in [1.165, 1.54) is 6.07 Å². The van der Waals surface area contributed by atoms with Gasteiger partial charge >= 0.3 is 0 Å². The van der Waals surface area contributed by atoms with Crippen LogP contribution in [0.15, 0.2) is 24.3 Å². The maximum atomic E-state index is 13.6. The quantitative estimate of drug-likeness (QED) is 0.647. The molecule has 0 radical (unpaired) electrons. The fourth-order valence-electron chi connectivity index (χ4n) is 1.97. The van der Waals surface area contributed by atoms with E-state index in [0.29, 0.717) is 11.8 Å². The third-order valence-electron chi connectivity index (χ3n) is 2.90. The monoisotopic (exact) mass is 228 g/mol. The summed E-state index contributed by atoms with van der Waals surface area (Å²) in [5.74, 6) is 0.922. The summed E-state index contributed by atoms with van der Waals surface area (Å²) in [6.07, 6.45) is 2.20. The second-order valence-corrected chi connectivity index (χ2v) is 4.36. The molecule has 0 saturated heterocycles. The lowest BCUT2D eigenvalue weighted by atomic mass is 9.86. The first kappa shape index (κ1) is 12.5. The van der Waals surface area contributed by atoms with E-state index in [1.54, 1.807) is 6.07 Å². The molecule has 0 aliphatic rings. The van der Waals surface area contributed by atoms with E-state index < -0.39 is 0 Å².